The lowest BCUT2D eigenvalue weighted by molar-refractivity contribution is 0.138. The number of pyridine rings is 1. The molecule has 0 unspecified atom stereocenters. The fourth-order valence-electron chi connectivity index (χ4n) is 1.10. The Morgan fingerprint density at radius 3 is 2.47 bits per heavy atom. The summed E-state index contributed by atoms with van der Waals surface area (Å²) in [6.07, 6.45) is 1.20. The number of nitrogens with zero attached hydrogens (tertiary/aromatic N) is 2. The van der Waals surface area contributed by atoms with Crippen LogP contribution >= 0.6 is 11.6 Å². The Kier molecular flexibility index (Phi) is 4.14. The summed E-state index contributed by atoms with van der Waals surface area (Å²) in [5, 5.41) is 9.41. The van der Waals surface area contributed by atoms with Gasteiger partial charge in [0.2, 0.25) is 10.0 Å². The summed E-state index contributed by atoms with van der Waals surface area (Å²) >= 11 is 5.60. The summed E-state index contributed by atoms with van der Waals surface area (Å²) in [6.45, 7) is 2.99. The first-order valence-electron chi connectivity index (χ1n) is 4.93. The number of sulfonamides is 1. The van der Waals surface area contributed by atoms with Crippen molar-refractivity contribution in [3.05, 3.63) is 23.5 Å². The lowest BCUT2D eigenvalue weighted by atomic mass is 10.1. The normalized spacial score (nSPS) is 13.1. The maximum atomic E-state index is 12.2. The van der Waals surface area contributed by atoms with Crippen LogP contribution in [0.25, 0.3) is 0 Å². The van der Waals surface area contributed by atoms with Crippen LogP contribution < -0.4 is 0 Å². The number of halogens is 1. The molecule has 0 atom stereocenters. The molecule has 1 aromatic rings. The van der Waals surface area contributed by atoms with E-state index < -0.39 is 15.6 Å². The fourth-order valence-corrected chi connectivity index (χ4v) is 2.66. The minimum absolute atomic E-state index is 0.0472. The van der Waals surface area contributed by atoms with E-state index in [1.54, 1.807) is 13.8 Å². The number of aliphatic hydroxyl groups excluding tert-OH is 1. The van der Waals surface area contributed by atoms with E-state index in [-0.39, 0.29) is 16.7 Å². The van der Waals surface area contributed by atoms with Gasteiger partial charge in [-0.3, -0.25) is 0 Å². The van der Waals surface area contributed by atoms with Crippen LogP contribution in [0, 0.1) is 0 Å². The van der Waals surface area contributed by atoms with Gasteiger partial charge < -0.3 is 5.11 Å². The molecule has 0 amide bonds. The van der Waals surface area contributed by atoms with Gasteiger partial charge in [-0.05, 0) is 26.0 Å². The zero-order chi connectivity index (χ0) is 13.3. The number of aliphatic hydroxyl groups is 1. The van der Waals surface area contributed by atoms with Gasteiger partial charge in [0.05, 0.1) is 12.1 Å². The Balaban J connectivity index is 3.16. The molecule has 1 N–H and O–H groups in total. The first-order valence-corrected chi connectivity index (χ1v) is 6.75. The van der Waals surface area contributed by atoms with Crippen LogP contribution in [-0.2, 0) is 10.0 Å². The highest BCUT2D eigenvalue weighted by Crippen LogP contribution is 2.22. The molecule has 0 aliphatic rings. The highest BCUT2D eigenvalue weighted by Gasteiger charge is 2.33. The van der Waals surface area contributed by atoms with Crippen LogP contribution in [0.15, 0.2) is 23.2 Å². The predicted octanol–water partition coefficient (Wildman–Crippen LogP) is 1.13. The summed E-state index contributed by atoms with van der Waals surface area (Å²) in [5.41, 5.74) is -0.877. The van der Waals surface area contributed by atoms with Gasteiger partial charge in [0.25, 0.3) is 0 Å². The fraction of sp³-hybridized carbons (Fsp3) is 0.500. The molecule has 1 aromatic heterocycles. The van der Waals surface area contributed by atoms with E-state index in [4.69, 9.17) is 11.6 Å². The Labute approximate surface area is 106 Å². The van der Waals surface area contributed by atoms with E-state index in [9.17, 15) is 13.5 Å². The van der Waals surface area contributed by atoms with Crippen molar-refractivity contribution in [1.82, 2.24) is 9.29 Å². The summed E-state index contributed by atoms with van der Waals surface area (Å²) in [5.74, 6) is 0. The molecule has 1 rings (SSSR count). The van der Waals surface area contributed by atoms with Gasteiger partial charge in [-0.25, -0.2) is 13.4 Å². The third-order valence-corrected chi connectivity index (χ3v) is 4.87. The Morgan fingerprint density at radius 2 is 2.06 bits per heavy atom. The Hall–Kier alpha value is -0.690. The molecule has 7 heteroatoms. The minimum atomic E-state index is -3.67. The number of rotatable bonds is 4. The molecule has 96 valence electrons. The van der Waals surface area contributed by atoms with E-state index in [1.807, 2.05) is 0 Å². The van der Waals surface area contributed by atoms with Crippen LogP contribution in [0.2, 0.25) is 5.15 Å². The zero-order valence-corrected chi connectivity index (χ0v) is 11.5. The van der Waals surface area contributed by atoms with E-state index in [0.29, 0.717) is 0 Å². The summed E-state index contributed by atoms with van der Waals surface area (Å²) in [4.78, 5) is 3.78. The van der Waals surface area contributed by atoms with Crippen molar-refractivity contribution >= 4 is 21.6 Å². The number of likely N-dealkylation sites (N-methyl/N-ethyl adjacent to an activating group) is 1. The van der Waals surface area contributed by atoms with Crippen molar-refractivity contribution in [3.8, 4) is 0 Å². The molecule has 0 spiro atoms. The molecule has 0 aromatic carbocycles. The van der Waals surface area contributed by atoms with Crippen LogP contribution in [0.4, 0.5) is 0 Å². The van der Waals surface area contributed by atoms with Gasteiger partial charge in [0.1, 0.15) is 10.0 Å². The van der Waals surface area contributed by atoms with Gasteiger partial charge in [-0.1, -0.05) is 11.6 Å². The van der Waals surface area contributed by atoms with Crippen LogP contribution in [-0.4, -0.2) is 42.0 Å². The van der Waals surface area contributed by atoms with Gasteiger partial charge in [-0.2, -0.15) is 4.31 Å². The molecule has 0 fully saturated rings. The molecule has 0 saturated carbocycles. The van der Waals surface area contributed by atoms with Crippen molar-refractivity contribution < 1.29 is 13.5 Å². The predicted molar refractivity (Wildman–Crippen MR) is 65.4 cm³/mol. The molecule has 17 heavy (non-hydrogen) atoms. The molecule has 0 aliphatic heterocycles. The zero-order valence-electron chi connectivity index (χ0n) is 9.88. The molecular formula is C10H15ClN2O3S. The second-order valence-electron chi connectivity index (χ2n) is 4.26. The maximum absolute atomic E-state index is 12.2. The van der Waals surface area contributed by atoms with Gasteiger partial charge in [0.15, 0.2) is 0 Å². The average molecular weight is 279 g/mol. The van der Waals surface area contributed by atoms with Crippen molar-refractivity contribution in [2.24, 2.45) is 0 Å². The van der Waals surface area contributed by atoms with E-state index in [1.165, 1.54) is 25.4 Å². The standard InChI is InChI=1S/C10H15ClN2O3S/c1-10(2,7-14)13(3)17(15,16)8-4-5-9(11)12-6-8/h4-6,14H,7H2,1-3H3. The third kappa shape index (κ3) is 2.95. The van der Waals surface area contributed by atoms with Crippen molar-refractivity contribution in [3.63, 3.8) is 0 Å². The van der Waals surface area contributed by atoms with Gasteiger partial charge in [0, 0.05) is 13.2 Å². The monoisotopic (exact) mass is 278 g/mol. The van der Waals surface area contributed by atoms with Crippen LogP contribution in [0.1, 0.15) is 13.8 Å². The second-order valence-corrected chi connectivity index (χ2v) is 6.62. The lowest BCUT2D eigenvalue weighted by Crippen LogP contribution is -2.47. The van der Waals surface area contributed by atoms with Crippen LogP contribution in [0.5, 0.6) is 0 Å². The number of hydrogen-bond acceptors (Lipinski definition) is 4. The molecule has 5 nitrogen and oxygen atoms in total. The van der Waals surface area contributed by atoms with Crippen molar-refractivity contribution in [2.45, 2.75) is 24.3 Å². The highest BCUT2D eigenvalue weighted by atomic mass is 35.5. The largest absolute Gasteiger partial charge is 0.394 e. The quantitative estimate of drug-likeness (QED) is 0.838. The summed E-state index contributed by atoms with van der Waals surface area (Å²) in [6, 6.07) is 2.79. The maximum Gasteiger partial charge on any atom is 0.244 e. The molecule has 0 bridgehead atoms. The van der Waals surface area contributed by atoms with Crippen LogP contribution in [0.3, 0.4) is 0 Å². The first kappa shape index (κ1) is 14.4. The van der Waals surface area contributed by atoms with Gasteiger partial charge in [-0.15, -0.1) is 0 Å². The first-order chi connectivity index (χ1) is 7.71. The highest BCUT2D eigenvalue weighted by molar-refractivity contribution is 7.89. The number of aromatic nitrogens is 1. The summed E-state index contributed by atoms with van der Waals surface area (Å²) < 4.78 is 25.5. The van der Waals surface area contributed by atoms with Crippen molar-refractivity contribution in [2.75, 3.05) is 13.7 Å². The van der Waals surface area contributed by atoms with E-state index >= 15 is 0 Å². The third-order valence-electron chi connectivity index (χ3n) is 2.60. The Bertz CT molecular complexity index is 485. The molecule has 0 radical (unpaired) electrons. The Morgan fingerprint density at radius 1 is 1.47 bits per heavy atom. The SMILES string of the molecule is CN(C(C)(C)CO)S(=O)(=O)c1ccc(Cl)nc1. The second kappa shape index (κ2) is 4.89. The minimum Gasteiger partial charge on any atom is -0.394 e. The van der Waals surface area contributed by atoms with Gasteiger partial charge >= 0.3 is 0 Å². The van der Waals surface area contributed by atoms with E-state index in [2.05, 4.69) is 4.98 Å². The lowest BCUT2D eigenvalue weighted by Gasteiger charge is -2.32. The smallest absolute Gasteiger partial charge is 0.244 e. The average Bonchev–Trinajstić information content (AvgIpc) is 2.28. The number of hydrogen-bond donors (Lipinski definition) is 1. The molecule has 1 heterocycles. The topological polar surface area (TPSA) is 70.5 Å². The molecule has 0 saturated heterocycles. The molecule has 0 aliphatic carbocycles. The summed E-state index contributed by atoms with van der Waals surface area (Å²) in [7, 11) is -2.26. The van der Waals surface area contributed by atoms with E-state index in [0.717, 1.165) is 4.31 Å². The van der Waals surface area contributed by atoms with Crippen molar-refractivity contribution in [1.29, 1.82) is 0 Å². The molecular weight excluding hydrogens is 264 g/mol.